The summed E-state index contributed by atoms with van der Waals surface area (Å²) in [7, 11) is -3.43. The van der Waals surface area contributed by atoms with Crippen LogP contribution in [0.2, 0.25) is 0 Å². The molecule has 6 aromatic rings. The van der Waals surface area contributed by atoms with E-state index in [9.17, 15) is 12.8 Å². The normalized spacial score (nSPS) is 12.1. The molecule has 0 aliphatic heterocycles. The Morgan fingerprint density at radius 2 is 1.89 bits per heavy atom. The van der Waals surface area contributed by atoms with E-state index in [1.54, 1.807) is 30.9 Å². The molecule has 0 radical (unpaired) electrons. The van der Waals surface area contributed by atoms with Gasteiger partial charge in [0.1, 0.15) is 11.3 Å². The number of H-pyrrole nitrogens is 3. The molecule has 4 N–H and O–H groups in total. The Labute approximate surface area is 203 Å². The highest BCUT2D eigenvalue weighted by molar-refractivity contribution is 7.88. The number of nitrogens with zero attached hydrogens (tertiary/aromatic N) is 5. The average Bonchev–Trinajstić information content (AvgIpc) is 3.60. The van der Waals surface area contributed by atoms with Gasteiger partial charge in [0.2, 0.25) is 10.0 Å². The first-order valence-electron chi connectivity index (χ1n) is 10.8. The first-order valence-corrected chi connectivity index (χ1v) is 12.7. The summed E-state index contributed by atoms with van der Waals surface area (Å²) in [4.78, 5) is 17.0. The third-order valence-corrected chi connectivity index (χ3v) is 6.30. The molecule has 0 bridgehead atoms. The summed E-state index contributed by atoms with van der Waals surface area (Å²) in [6.07, 6.45) is 7.71. The highest BCUT2D eigenvalue weighted by atomic mass is 32.2. The predicted octanol–water partition coefficient (Wildman–Crippen LogP) is 3.14. The number of hydrogen-bond acceptors (Lipinski definition) is 7. The second-order valence-electron chi connectivity index (χ2n) is 8.26. The van der Waals surface area contributed by atoms with E-state index in [4.69, 9.17) is 9.97 Å². The van der Waals surface area contributed by atoms with Crippen molar-refractivity contribution in [1.29, 1.82) is 0 Å². The molecule has 0 unspecified atom stereocenters. The number of imidazole rings is 1. The number of rotatable bonds is 6. The lowest BCUT2D eigenvalue weighted by atomic mass is 10.0. The Hall–Kier alpha value is -4.49. The van der Waals surface area contributed by atoms with Gasteiger partial charge in [-0.1, -0.05) is 0 Å². The minimum Gasteiger partial charge on any atom is -0.335 e. The summed E-state index contributed by atoms with van der Waals surface area (Å²) in [5.74, 6) is -0.0300. The Morgan fingerprint density at radius 1 is 1.00 bits per heavy atom. The van der Waals surface area contributed by atoms with Crippen molar-refractivity contribution in [3.8, 4) is 33.9 Å². The van der Waals surface area contributed by atoms with Gasteiger partial charge in [-0.3, -0.25) is 15.2 Å². The number of nitrogens with one attached hydrogen (secondary N) is 4. The van der Waals surface area contributed by atoms with Gasteiger partial charge in [0.25, 0.3) is 0 Å². The molecule has 11 nitrogen and oxygen atoms in total. The van der Waals surface area contributed by atoms with Crippen molar-refractivity contribution in [1.82, 2.24) is 45.1 Å². The van der Waals surface area contributed by atoms with Gasteiger partial charge >= 0.3 is 0 Å². The Balaban J connectivity index is 1.44. The molecular formula is C23H18FN9O2S. The van der Waals surface area contributed by atoms with Crippen LogP contribution in [0.1, 0.15) is 5.56 Å². The van der Waals surface area contributed by atoms with Gasteiger partial charge in [0.15, 0.2) is 11.5 Å². The van der Waals surface area contributed by atoms with E-state index in [2.05, 4.69) is 35.1 Å². The van der Waals surface area contributed by atoms with E-state index in [0.717, 1.165) is 23.0 Å². The van der Waals surface area contributed by atoms with E-state index in [0.29, 0.717) is 44.8 Å². The van der Waals surface area contributed by atoms with Gasteiger partial charge in [0, 0.05) is 30.1 Å². The molecule has 0 aliphatic rings. The fourth-order valence-electron chi connectivity index (χ4n) is 3.99. The van der Waals surface area contributed by atoms with E-state index in [1.165, 1.54) is 12.1 Å². The minimum atomic E-state index is -3.43. The molecule has 13 heteroatoms. The number of sulfonamides is 1. The lowest BCUT2D eigenvalue weighted by Gasteiger charge is -2.07. The SMILES string of the molecule is CS(=O)(=O)NCc1cc(F)cc(-c2cncc3[nH]c(-c4n[nH]c5ccc(-c6cn[nH]c6)nc45)nc23)c1. The number of aromatic nitrogens is 8. The van der Waals surface area contributed by atoms with Crippen LogP contribution in [0.3, 0.4) is 0 Å². The maximum absolute atomic E-state index is 14.4. The topological polar surface area (TPSA) is 158 Å². The molecule has 0 saturated heterocycles. The summed E-state index contributed by atoms with van der Waals surface area (Å²) in [5.41, 5.74) is 6.23. The largest absolute Gasteiger partial charge is 0.335 e. The third kappa shape index (κ3) is 4.10. The minimum absolute atomic E-state index is 0.0389. The maximum Gasteiger partial charge on any atom is 0.209 e. The Bertz CT molecular complexity index is 1840. The Kier molecular flexibility index (Phi) is 5.09. The monoisotopic (exact) mass is 503 g/mol. The van der Waals surface area contributed by atoms with Crippen LogP contribution in [0.5, 0.6) is 0 Å². The molecule has 36 heavy (non-hydrogen) atoms. The van der Waals surface area contributed by atoms with Gasteiger partial charge in [0.05, 0.1) is 40.9 Å². The molecule has 180 valence electrons. The second kappa shape index (κ2) is 8.32. The number of halogens is 1. The molecule has 0 fully saturated rings. The molecule has 0 aliphatic carbocycles. The van der Waals surface area contributed by atoms with Crippen LogP contribution < -0.4 is 4.72 Å². The highest BCUT2D eigenvalue weighted by Gasteiger charge is 2.18. The first-order chi connectivity index (χ1) is 17.3. The van der Waals surface area contributed by atoms with Crippen LogP contribution in [-0.4, -0.2) is 55.0 Å². The molecule has 0 atom stereocenters. The van der Waals surface area contributed by atoms with Gasteiger partial charge < -0.3 is 4.98 Å². The molecule has 6 rings (SSSR count). The van der Waals surface area contributed by atoms with Crippen molar-refractivity contribution in [3.05, 3.63) is 66.5 Å². The number of hydrogen-bond donors (Lipinski definition) is 4. The van der Waals surface area contributed by atoms with E-state index >= 15 is 0 Å². The number of fused-ring (bicyclic) bond motifs is 2. The van der Waals surface area contributed by atoms with Gasteiger partial charge in [-0.05, 0) is 41.5 Å². The zero-order valence-electron chi connectivity index (χ0n) is 18.7. The van der Waals surface area contributed by atoms with Crippen LogP contribution in [0.4, 0.5) is 4.39 Å². The van der Waals surface area contributed by atoms with Crippen LogP contribution in [0.25, 0.3) is 56.0 Å². The number of benzene rings is 1. The molecule has 0 spiro atoms. The molecule has 0 amide bonds. The second-order valence-corrected chi connectivity index (χ2v) is 10.1. The van der Waals surface area contributed by atoms with E-state index < -0.39 is 15.8 Å². The molecule has 0 saturated carbocycles. The molecular weight excluding hydrogens is 485 g/mol. The van der Waals surface area contributed by atoms with Crippen molar-refractivity contribution in [3.63, 3.8) is 0 Å². The van der Waals surface area contributed by atoms with Crippen molar-refractivity contribution in [2.75, 3.05) is 6.26 Å². The first kappa shape index (κ1) is 22.0. The molecule has 1 aromatic carbocycles. The van der Waals surface area contributed by atoms with Crippen LogP contribution in [-0.2, 0) is 16.6 Å². The average molecular weight is 504 g/mol. The smallest absolute Gasteiger partial charge is 0.209 e. The quantitative estimate of drug-likeness (QED) is 0.272. The zero-order valence-corrected chi connectivity index (χ0v) is 19.6. The lowest BCUT2D eigenvalue weighted by Crippen LogP contribution is -2.21. The van der Waals surface area contributed by atoms with Gasteiger partial charge in [-0.15, -0.1) is 0 Å². The molecule has 5 heterocycles. The fourth-order valence-corrected chi connectivity index (χ4v) is 4.42. The summed E-state index contributed by atoms with van der Waals surface area (Å²) >= 11 is 0. The van der Waals surface area contributed by atoms with Crippen molar-refractivity contribution in [2.24, 2.45) is 0 Å². The molecule has 5 aromatic heterocycles. The van der Waals surface area contributed by atoms with Crippen LogP contribution in [0, 0.1) is 5.82 Å². The van der Waals surface area contributed by atoms with Gasteiger partial charge in [-0.25, -0.2) is 27.5 Å². The fraction of sp³-hybridized carbons (Fsp3) is 0.0870. The van der Waals surface area contributed by atoms with Crippen molar-refractivity contribution >= 4 is 32.1 Å². The Morgan fingerprint density at radius 3 is 2.69 bits per heavy atom. The number of aromatic amines is 3. The van der Waals surface area contributed by atoms with Crippen LogP contribution >= 0.6 is 0 Å². The highest BCUT2D eigenvalue weighted by Crippen LogP contribution is 2.32. The lowest BCUT2D eigenvalue weighted by molar-refractivity contribution is 0.586. The summed E-state index contributed by atoms with van der Waals surface area (Å²) in [6.45, 7) is -0.0389. The van der Waals surface area contributed by atoms with Gasteiger partial charge in [-0.2, -0.15) is 10.2 Å². The maximum atomic E-state index is 14.4. The third-order valence-electron chi connectivity index (χ3n) is 5.63. The summed E-state index contributed by atoms with van der Waals surface area (Å²) < 4.78 is 39.8. The predicted molar refractivity (Wildman–Crippen MR) is 131 cm³/mol. The summed E-state index contributed by atoms with van der Waals surface area (Å²) in [6, 6.07) is 8.10. The van der Waals surface area contributed by atoms with E-state index in [-0.39, 0.29) is 6.54 Å². The van der Waals surface area contributed by atoms with E-state index in [1.807, 2.05) is 12.1 Å². The number of pyridine rings is 2. The van der Waals surface area contributed by atoms with Crippen molar-refractivity contribution < 1.29 is 12.8 Å². The zero-order chi connectivity index (χ0) is 24.9. The summed E-state index contributed by atoms with van der Waals surface area (Å²) in [5, 5.41) is 14.1. The van der Waals surface area contributed by atoms with Crippen molar-refractivity contribution in [2.45, 2.75) is 6.54 Å². The standard InChI is InChI=1S/C23H18FN9O2S/c1-36(34,35)28-7-12-4-13(6-15(24)5-12)16-10-25-11-19-20(16)31-23(30-19)22-21-18(32-33-22)3-2-17(29-21)14-8-26-27-9-14/h2-6,8-11,28H,7H2,1H3,(H,26,27)(H,30,31)(H,32,33). The van der Waals surface area contributed by atoms with Crippen LogP contribution in [0.15, 0.2) is 55.1 Å².